The Balaban J connectivity index is 1.60. The van der Waals surface area contributed by atoms with E-state index in [-0.39, 0.29) is 24.5 Å². The minimum Gasteiger partial charge on any atom is -0.483 e. The van der Waals surface area contributed by atoms with Gasteiger partial charge in [0, 0.05) is 23.5 Å². The molecule has 0 saturated heterocycles. The molecule has 1 N–H and O–H groups in total. The van der Waals surface area contributed by atoms with E-state index < -0.39 is 6.04 Å². The Labute approximate surface area is 242 Å². The van der Waals surface area contributed by atoms with Gasteiger partial charge in [-0.2, -0.15) is 0 Å². The zero-order chi connectivity index (χ0) is 26.9. The molecule has 4 rings (SSSR count). The SMILES string of the molecule is CCc1ccc(OCC(=O)N(Cc2ccc(Br)cc2)C(Cc2ccccc2)C(=O)NC2CCCC2)c(Br)c1. The van der Waals surface area contributed by atoms with Gasteiger partial charge in [-0.1, -0.05) is 84.2 Å². The summed E-state index contributed by atoms with van der Waals surface area (Å²) >= 11 is 7.05. The van der Waals surface area contributed by atoms with Crippen molar-refractivity contribution in [3.63, 3.8) is 0 Å². The van der Waals surface area contributed by atoms with Crippen molar-refractivity contribution in [2.45, 2.75) is 64.1 Å². The first-order chi connectivity index (χ1) is 18.4. The summed E-state index contributed by atoms with van der Waals surface area (Å²) in [4.78, 5) is 29.2. The highest BCUT2D eigenvalue weighted by molar-refractivity contribution is 9.10. The molecule has 5 nitrogen and oxygen atoms in total. The van der Waals surface area contributed by atoms with Crippen LogP contribution in [0.25, 0.3) is 0 Å². The maximum absolute atomic E-state index is 13.8. The third-order valence-electron chi connectivity index (χ3n) is 6.99. The lowest BCUT2D eigenvalue weighted by Gasteiger charge is -2.32. The number of nitrogens with one attached hydrogen (secondary N) is 1. The predicted octanol–water partition coefficient (Wildman–Crippen LogP) is 6.85. The van der Waals surface area contributed by atoms with Crippen molar-refractivity contribution in [3.8, 4) is 5.75 Å². The van der Waals surface area contributed by atoms with Crippen LogP contribution < -0.4 is 10.1 Å². The topological polar surface area (TPSA) is 58.6 Å². The Morgan fingerprint density at radius 1 is 0.947 bits per heavy atom. The molecule has 0 aromatic heterocycles. The number of hydrogen-bond donors (Lipinski definition) is 1. The van der Waals surface area contributed by atoms with Crippen LogP contribution in [-0.4, -0.2) is 35.4 Å². The Morgan fingerprint density at radius 3 is 2.29 bits per heavy atom. The summed E-state index contributed by atoms with van der Waals surface area (Å²) in [5, 5.41) is 3.24. The van der Waals surface area contributed by atoms with Gasteiger partial charge in [0.15, 0.2) is 6.61 Å². The highest BCUT2D eigenvalue weighted by atomic mass is 79.9. The lowest BCUT2D eigenvalue weighted by molar-refractivity contribution is -0.143. The average Bonchev–Trinajstić information content (AvgIpc) is 3.44. The first-order valence-corrected chi connectivity index (χ1v) is 14.8. The number of nitrogens with zero attached hydrogens (tertiary/aromatic N) is 1. The summed E-state index contributed by atoms with van der Waals surface area (Å²) in [6, 6.07) is 23.1. The van der Waals surface area contributed by atoms with Gasteiger partial charge >= 0.3 is 0 Å². The summed E-state index contributed by atoms with van der Waals surface area (Å²) < 4.78 is 7.74. The normalized spacial score (nSPS) is 14.2. The molecule has 1 fully saturated rings. The second kappa shape index (κ2) is 13.9. The number of hydrogen-bond acceptors (Lipinski definition) is 3. The zero-order valence-corrected chi connectivity index (χ0v) is 24.8. The Bertz CT molecular complexity index is 1210. The first-order valence-electron chi connectivity index (χ1n) is 13.2. The maximum atomic E-state index is 13.8. The third kappa shape index (κ3) is 7.93. The van der Waals surface area contributed by atoms with Gasteiger partial charge in [0.25, 0.3) is 5.91 Å². The van der Waals surface area contributed by atoms with Crippen LogP contribution >= 0.6 is 31.9 Å². The molecule has 3 aromatic carbocycles. The van der Waals surface area contributed by atoms with Crippen LogP contribution in [0.4, 0.5) is 0 Å². The standard InChI is InChI=1S/C31H34Br2N2O3/c1-2-22-14-17-29(27(33)18-22)38-21-30(36)35(20-24-12-15-25(32)16-13-24)28(19-23-8-4-3-5-9-23)31(37)34-26-10-6-7-11-26/h3-5,8-9,12-18,26,28H,2,6-7,10-11,19-21H2,1H3,(H,34,37). The fraction of sp³-hybridized carbons (Fsp3) is 0.355. The van der Waals surface area contributed by atoms with E-state index in [1.54, 1.807) is 4.90 Å². The van der Waals surface area contributed by atoms with Gasteiger partial charge in [0.05, 0.1) is 4.47 Å². The van der Waals surface area contributed by atoms with Crippen LogP contribution in [0.3, 0.4) is 0 Å². The van der Waals surface area contributed by atoms with Crippen LogP contribution in [-0.2, 0) is 29.0 Å². The smallest absolute Gasteiger partial charge is 0.261 e. The van der Waals surface area contributed by atoms with Gasteiger partial charge < -0.3 is 15.0 Å². The number of carbonyl (C=O) groups excluding carboxylic acids is 2. The number of amides is 2. The van der Waals surface area contributed by atoms with E-state index in [2.05, 4.69) is 44.1 Å². The number of ether oxygens (including phenoxy) is 1. The molecule has 3 aromatic rings. The molecule has 0 radical (unpaired) electrons. The lowest BCUT2D eigenvalue weighted by Crippen LogP contribution is -2.53. The summed E-state index contributed by atoms with van der Waals surface area (Å²) in [5.74, 6) is 0.260. The summed E-state index contributed by atoms with van der Waals surface area (Å²) in [7, 11) is 0. The third-order valence-corrected chi connectivity index (χ3v) is 8.14. The van der Waals surface area contributed by atoms with E-state index in [4.69, 9.17) is 4.74 Å². The first kappa shape index (κ1) is 28.4. The van der Waals surface area contributed by atoms with Gasteiger partial charge in [-0.25, -0.2) is 0 Å². The second-order valence-corrected chi connectivity index (χ2v) is 11.5. The van der Waals surface area contributed by atoms with Crippen molar-refractivity contribution in [3.05, 3.63) is 98.4 Å². The molecule has 2 amide bonds. The van der Waals surface area contributed by atoms with E-state index in [0.29, 0.717) is 18.7 Å². The molecule has 1 unspecified atom stereocenters. The molecule has 38 heavy (non-hydrogen) atoms. The monoisotopic (exact) mass is 640 g/mol. The molecule has 0 heterocycles. The van der Waals surface area contributed by atoms with Crippen LogP contribution in [0.1, 0.15) is 49.3 Å². The van der Waals surface area contributed by atoms with Crippen molar-refractivity contribution < 1.29 is 14.3 Å². The van der Waals surface area contributed by atoms with Crippen LogP contribution in [0, 0.1) is 0 Å². The van der Waals surface area contributed by atoms with Crippen molar-refractivity contribution in [2.24, 2.45) is 0 Å². The summed E-state index contributed by atoms with van der Waals surface area (Å²) in [5.41, 5.74) is 3.13. The zero-order valence-electron chi connectivity index (χ0n) is 21.7. The van der Waals surface area contributed by atoms with Gasteiger partial charge in [0.1, 0.15) is 11.8 Å². The number of benzene rings is 3. The molecule has 1 aliphatic rings. The molecular formula is C31H34Br2N2O3. The molecule has 1 atom stereocenters. The maximum Gasteiger partial charge on any atom is 0.261 e. The van der Waals surface area contributed by atoms with Gasteiger partial charge in [-0.3, -0.25) is 9.59 Å². The molecule has 0 spiro atoms. The molecule has 0 aliphatic heterocycles. The lowest BCUT2D eigenvalue weighted by atomic mass is 10.0. The number of aryl methyl sites for hydroxylation is 1. The molecule has 0 bridgehead atoms. The fourth-order valence-electron chi connectivity index (χ4n) is 4.81. The van der Waals surface area contributed by atoms with Crippen molar-refractivity contribution >= 4 is 43.7 Å². The van der Waals surface area contributed by atoms with E-state index in [0.717, 1.165) is 52.2 Å². The number of halogens is 2. The van der Waals surface area contributed by atoms with Crippen LogP contribution in [0.15, 0.2) is 81.7 Å². The molecule has 1 saturated carbocycles. The van der Waals surface area contributed by atoms with Crippen molar-refractivity contribution in [1.82, 2.24) is 10.2 Å². The van der Waals surface area contributed by atoms with Gasteiger partial charge in [0.2, 0.25) is 5.91 Å². The molecular weight excluding hydrogens is 608 g/mol. The minimum atomic E-state index is -0.663. The van der Waals surface area contributed by atoms with Crippen LogP contribution in [0.5, 0.6) is 5.75 Å². The van der Waals surface area contributed by atoms with Crippen molar-refractivity contribution in [2.75, 3.05) is 6.61 Å². The predicted molar refractivity (Wildman–Crippen MR) is 158 cm³/mol. The average molecular weight is 642 g/mol. The van der Waals surface area contributed by atoms with E-state index in [1.807, 2.05) is 72.8 Å². The molecule has 1 aliphatic carbocycles. The molecule has 200 valence electrons. The fourth-order valence-corrected chi connectivity index (χ4v) is 5.62. The van der Waals surface area contributed by atoms with E-state index in [1.165, 1.54) is 5.56 Å². The Hall–Kier alpha value is -2.64. The largest absolute Gasteiger partial charge is 0.483 e. The summed E-state index contributed by atoms with van der Waals surface area (Å²) in [6.45, 7) is 2.24. The van der Waals surface area contributed by atoms with E-state index in [9.17, 15) is 9.59 Å². The van der Waals surface area contributed by atoms with Crippen LogP contribution in [0.2, 0.25) is 0 Å². The minimum absolute atomic E-state index is 0.111. The second-order valence-electron chi connectivity index (χ2n) is 9.75. The Morgan fingerprint density at radius 2 is 1.63 bits per heavy atom. The van der Waals surface area contributed by atoms with Gasteiger partial charge in [-0.15, -0.1) is 0 Å². The Kier molecular flexibility index (Phi) is 10.4. The summed E-state index contributed by atoms with van der Waals surface area (Å²) in [6.07, 6.45) is 5.54. The number of carbonyl (C=O) groups is 2. The van der Waals surface area contributed by atoms with Crippen molar-refractivity contribution in [1.29, 1.82) is 0 Å². The van der Waals surface area contributed by atoms with E-state index >= 15 is 0 Å². The number of rotatable bonds is 11. The quantitative estimate of drug-likeness (QED) is 0.249. The van der Waals surface area contributed by atoms with Gasteiger partial charge in [-0.05, 0) is 76.1 Å². The highest BCUT2D eigenvalue weighted by Crippen LogP contribution is 2.27. The molecule has 7 heteroatoms. The highest BCUT2D eigenvalue weighted by Gasteiger charge is 2.32.